The third-order valence-electron chi connectivity index (χ3n) is 3.36. The van der Waals surface area contributed by atoms with E-state index in [0.717, 1.165) is 12.2 Å². The Hall–Kier alpha value is 0.220. The van der Waals surface area contributed by atoms with Crippen LogP contribution in [-0.4, -0.2) is 41.4 Å². The van der Waals surface area contributed by atoms with E-state index in [2.05, 4.69) is 6.92 Å². The quantitative estimate of drug-likeness (QED) is 0.349. The first-order valence-corrected chi connectivity index (χ1v) is 10.9. The van der Waals surface area contributed by atoms with Crippen LogP contribution in [0, 0.1) is 0 Å². The number of hydrogen-bond donors (Lipinski definition) is 2. The molecule has 128 valence electrons. The average molecular weight is 341 g/mol. The molecule has 21 heavy (non-hydrogen) atoms. The van der Waals surface area contributed by atoms with Crippen molar-refractivity contribution in [2.45, 2.75) is 77.2 Å². The van der Waals surface area contributed by atoms with E-state index in [9.17, 15) is 13.5 Å². The largest absolute Gasteiger partial charge is 0.391 e. The average Bonchev–Trinajstić information content (AvgIpc) is 2.38. The minimum atomic E-state index is -4.05. The van der Waals surface area contributed by atoms with Crippen LogP contribution in [0.25, 0.3) is 0 Å². The first-order chi connectivity index (χ1) is 9.95. The van der Waals surface area contributed by atoms with Gasteiger partial charge in [0.25, 0.3) is 10.1 Å². The lowest BCUT2D eigenvalue weighted by Gasteiger charge is -2.08. The van der Waals surface area contributed by atoms with Crippen LogP contribution in [0.15, 0.2) is 0 Å². The van der Waals surface area contributed by atoms with Gasteiger partial charge in [-0.25, -0.2) is 0 Å². The fourth-order valence-electron chi connectivity index (χ4n) is 2.20. The van der Waals surface area contributed by atoms with Gasteiger partial charge in [-0.1, -0.05) is 64.7 Å². The van der Waals surface area contributed by atoms with Crippen LogP contribution < -0.4 is 0 Å². The molecule has 0 fully saturated rings. The highest BCUT2D eigenvalue weighted by Crippen LogP contribution is 2.13. The first kappa shape index (κ1) is 21.2. The molecule has 0 heterocycles. The fourth-order valence-corrected chi connectivity index (χ4v) is 3.92. The Morgan fingerprint density at radius 2 is 1.38 bits per heavy atom. The normalized spacial score (nSPS) is 13.5. The van der Waals surface area contributed by atoms with Gasteiger partial charge in [0.2, 0.25) is 0 Å². The Morgan fingerprint density at radius 3 is 1.86 bits per heavy atom. The molecule has 1 atom stereocenters. The minimum absolute atomic E-state index is 0.372. The molecule has 0 amide bonds. The molecule has 0 saturated heterocycles. The molecule has 0 radical (unpaired) electrons. The van der Waals surface area contributed by atoms with Gasteiger partial charge in [-0.3, -0.25) is 4.55 Å². The standard InChI is InChI=1S/C15H32O4S2/c1-2-3-4-5-6-7-8-9-10-11-12-20-13-15(16)14-21(17,18)19/h15-16H,2-14H2,1H3,(H,17,18,19). The van der Waals surface area contributed by atoms with Crippen molar-refractivity contribution in [1.82, 2.24) is 0 Å². The van der Waals surface area contributed by atoms with Gasteiger partial charge < -0.3 is 5.11 Å². The van der Waals surface area contributed by atoms with Crippen molar-refractivity contribution in [2.75, 3.05) is 17.3 Å². The Labute approximate surface area is 134 Å². The van der Waals surface area contributed by atoms with Crippen molar-refractivity contribution in [1.29, 1.82) is 0 Å². The number of rotatable bonds is 15. The van der Waals surface area contributed by atoms with E-state index >= 15 is 0 Å². The van der Waals surface area contributed by atoms with Gasteiger partial charge in [0.1, 0.15) is 5.75 Å². The molecule has 0 aliphatic carbocycles. The molecule has 0 saturated carbocycles. The number of aliphatic hydroxyl groups excluding tert-OH is 1. The molecule has 0 aliphatic rings. The molecule has 0 bridgehead atoms. The first-order valence-electron chi connectivity index (χ1n) is 8.16. The van der Waals surface area contributed by atoms with E-state index in [0.29, 0.717) is 5.75 Å². The maximum atomic E-state index is 10.5. The van der Waals surface area contributed by atoms with Crippen molar-refractivity contribution >= 4 is 21.9 Å². The summed E-state index contributed by atoms with van der Waals surface area (Å²) in [5, 5.41) is 9.39. The van der Waals surface area contributed by atoms with Gasteiger partial charge in [-0.2, -0.15) is 20.2 Å². The Kier molecular flexibility index (Phi) is 14.0. The number of hydrogen-bond acceptors (Lipinski definition) is 4. The second-order valence-electron chi connectivity index (χ2n) is 5.66. The van der Waals surface area contributed by atoms with Crippen LogP contribution in [0.2, 0.25) is 0 Å². The Bertz CT molecular complexity index is 318. The molecule has 0 aromatic heterocycles. The van der Waals surface area contributed by atoms with Gasteiger partial charge in [-0.15, -0.1) is 0 Å². The van der Waals surface area contributed by atoms with Crippen LogP contribution in [0.4, 0.5) is 0 Å². The van der Waals surface area contributed by atoms with E-state index in [1.54, 1.807) is 11.8 Å². The summed E-state index contributed by atoms with van der Waals surface area (Å²) in [7, 11) is -4.05. The highest BCUT2D eigenvalue weighted by Gasteiger charge is 2.13. The van der Waals surface area contributed by atoms with Crippen LogP contribution in [-0.2, 0) is 10.1 Å². The number of unbranched alkanes of at least 4 members (excludes halogenated alkanes) is 9. The van der Waals surface area contributed by atoms with E-state index in [-0.39, 0.29) is 0 Å². The molecule has 1 unspecified atom stereocenters. The van der Waals surface area contributed by atoms with E-state index in [4.69, 9.17) is 4.55 Å². The summed E-state index contributed by atoms with van der Waals surface area (Å²) in [6.45, 7) is 2.24. The third-order valence-corrected chi connectivity index (χ3v) is 5.36. The van der Waals surface area contributed by atoms with Crippen LogP contribution in [0.1, 0.15) is 71.1 Å². The molecule has 0 aliphatic heterocycles. The Balaban J connectivity index is 3.19. The molecule has 0 aromatic rings. The van der Waals surface area contributed by atoms with Crippen molar-refractivity contribution in [3.63, 3.8) is 0 Å². The summed E-state index contributed by atoms with van der Waals surface area (Å²) in [5.74, 6) is 0.758. The van der Waals surface area contributed by atoms with Crippen molar-refractivity contribution in [3.05, 3.63) is 0 Å². The zero-order valence-corrected chi connectivity index (χ0v) is 14.9. The van der Waals surface area contributed by atoms with Crippen LogP contribution >= 0.6 is 11.8 Å². The summed E-state index contributed by atoms with van der Waals surface area (Å²) in [4.78, 5) is 0. The van der Waals surface area contributed by atoms with Crippen molar-refractivity contribution in [2.24, 2.45) is 0 Å². The van der Waals surface area contributed by atoms with Gasteiger partial charge >= 0.3 is 0 Å². The summed E-state index contributed by atoms with van der Waals surface area (Å²) < 4.78 is 29.7. The lowest BCUT2D eigenvalue weighted by atomic mass is 10.1. The van der Waals surface area contributed by atoms with Crippen molar-refractivity contribution < 1.29 is 18.1 Å². The molecule has 6 heteroatoms. The third kappa shape index (κ3) is 18.2. The summed E-state index contributed by atoms with van der Waals surface area (Å²) >= 11 is 1.55. The van der Waals surface area contributed by atoms with Gasteiger partial charge in [0, 0.05) is 5.75 Å². The SMILES string of the molecule is CCCCCCCCCCCCSCC(O)CS(=O)(=O)O. The maximum absolute atomic E-state index is 10.5. The molecule has 0 spiro atoms. The fraction of sp³-hybridized carbons (Fsp3) is 1.00. The number of aliphatic hydroxyl groups is 1. The van der Waals surface area contributed by atoms with Crippen molar-refractivity contribution in [3.8, 4) is 0 Å². The predicted octanol–water partition coefficient (Wildman–Crippen LogP) is 3.89. The zero-order chi connectivity index (χ0) is 16.0. The maximum Gasteiger partial charge on any atom is 0.267 e. The Morgan fingerprint density at radius 1 is 0.905 bits per heavy atom. The second kappa shape index (κ2) is 13.9. The highest BCUT2D eigenvalue weighted by molar-refractivity contribution is 7.99. The smallest absolute Gasteiger partial charge is 0.267 e. The topological polar surface area (TPSA) is 74.6 Å². The molecule has 0 aromatic carbocycles. The van der Waals surface area contributed by atoms with Crippen LogP contribution in [0.3, 0.4) is 0 Å². The summed E-state index contributed by atoms with van der Waals surface area (Å²) in [5.41, 5.74) is 0. The minimum Gasteiger partial charge on any atom is -0.391 e. The van der Waals surface area contributed by atoms with Crippen LogP contribution in [0.5, 0.6) is 0 Å². The lowest BCUT2D eigenvalue weighted by Crippen LogP contribution is -2.22. The van der Waals surface area contributed by atoms with E-state index < -0.39 is 22.0 Å². The highest BCUT2D eigenvalue weighted by atomic mass is 32.2. The summed E-state index contributed by atoms with van der Waals surface area (Å²) in [6.07, 6.45) is 12.0. The monoisotopic (exact) mass is 340 g/mol. The zero-order valence-electron chi connectivity index (χ0n) is 13.3. The molecular formula is C15H32O4S2. The lowest BCUT2D eigenvalue weighted by molar-refractivity contribution is 0.220. The van der Waals surface area contributed by atoms with E-state index in [1.165, 1.54) is 57.8 Å². The van der Waals surface area contributed by atoms with Gasteiger partial charge in [0.05, 0.1) is 6.10 Å². The molecule has 0 rings (SSSR count). The second-order valence-corrected chi connectivity index (χ2v) is 8.31. The number of thioether (sulfide) groups is 1. The summed E-state index contributed by atoms with van der Waals surface area (Å²) in [6, 6.07) is 0. The van der Waals surface area contributed by atoms with E-state index in [1.807, 2.05) is 0 Å². The predicted molar refractivity (Wildman–Crippen MR) is 91.6 cm³/mol. The molecule has 4 nitrogen and oxygen atoms in total. The van der Waals surface area contributed by atoms with Gasteiger partial charge in [0.15, 0.2) is 0 Å². The molecular weight excluding hydrogens is 308 g/mol. The van der Waals surface area contributed by atoms with Gasteiger partial charge in [-0.05, 0) is 12.2 Å². The molecule has 2 N–H and O–H groups in total.